The van der Waals surface area contributed by atoms with Crippen molar-refractivity contribution >= 4 is 69.3 Å². The number of imide groups is 2. The van der Waals surface area contributed by atoms with Gasteiger partial charge >= 0.3 is 0 Å². The third-order valence-corrected chi connectivity index (χ3v) is 12.8. The summed E-state index contributed by atoms with van der Waals surface area (Å²) in [5.74, 6) is -21.9. The van der Waals surface area contributed by atoms with Crippen molar-refractivity contribution in [3.63, 3.8) is 0 Å². The van der Waals surface area contributed by atoms with Crippen LogP contribution in [-0.4, -0.2) is 50.6 Å². The SMILES string of the molecule is COc1cc([C@H]2C3=CC[C@@H]4C(=O)N(c5ccc(-c6nc7ccccc7o6)cc5)C(=O)[C@@H]4[C@@H]3C[C@@]3(Cl)C(=O)N(c4c(F)c(F)c(F)c(F)c4F)C(=O)[C@@]23Cl)ccc1O. The number of nitrogens with zero attached hydrogens (tertiary/aromatic N) is 3. The van der Waals surface area contributed by atoms with Gasteiger partial charge in [-0.3, -0.25) is 24.1 Å². The van der Waals surface area contributed by atoms with Gasteiger partial charge in [-0.15, -0.1) is 23.2 Å². The molecule has 17 heteroatoms. The summed E-state index contributed by atoms with van der Waals surface area (Å²) in [5, 5.41) is 10.4. The molecule has 3 heterocycles. The average Bonchev–Trinajstić information content (AvgIpc) is 3.80. The van der Waals surface area contributed by atoms with E-state index in [1.807, 2.05) is 0 Å². The van der Waals surface area contributed by atoms with Crippen LogP contribution in [0.3, 0.4) is 0 Å². The number of ether oxygens (including phenoxy) is 1. The molecule has 1 N–H and O–H groups in total. The highest BCUT2D eigenvalue weighted by Crippen LogP contribution is 2.66. The number of hydrogen-bond donors (Lipinski definition) is 1. The molecule has 1 saturated carbocycles. The van der Waals surface area contributed by atoms with E-state index in [9.17, 15) is 37.5 Å². The lowest BCUT2D eigenvalue weighted by Crippen LogP contribution is -2.60. The van der Waals surface area contributed by atoms with Crippen molar-refractivity contribution in [3.05, 3.63) is 113 Å². The summed E-state index contributed by atoms with van der Waals surface area (Å²) in [6.07, 6.45) is 0.840. The number of amides is 4. The summed E-state index contributed by atoms with van der Waals surface area (Å²) in [7, 11) is 1.22. The number of para-hydroxylation sites is 2. The van der Waals surface area contributed by atoms with Crippen molar-refractivity contribution in [1.29, 1.82) is 0 Å². The van der Waals surface area contributed by atoms with Crippen LogP contribution in [0.15, 0.2) is 82.8 Å². The molecular formula is C40H24Cl2F5N3O7. The molecule has 0 spiro atoms. The molecule has 0 radical (unpaired) electrons. The summed E-state index contributed by atoms with van der Waals surface area (Å²) in [6.45, 7) is 0. The molecule has 57 heavy (non-hydrogen) atoms. The number of oxazole rings is 1. The Kier molecular flexibility index (Phi) is 8.14. The fraction of sp³-hybridized carbons (Fsp3) is 0.225. The molecule has 2 aliphatic carbocycles. The highest BCUT2D eigenvalue weighted by molar-refractivity contribution is 6.58. The lowest BCUT2D eigenvalue weighted by atomic mass is 9.56. The highest BCUT2D eigenvalue weighted by Gasteiger charge is 2.77. The van der Waals surface area contributed by atoms with Gasteiger partial charge in [0.1, 0.15) is 11.2 Å². The van der Waals surface area contributed by atoms with Gasteiger partial charge < -0.3 is 14.3 Å². The second-order valence-corrected chi connectivity index (χ2v) is 15.4. The molecule has 2 saturated heterocycles. The summed E-state index contributed by atoms with van der Waals surface area (Å²) >= 11 is 14.4. The van der Waals surface area contributed by atoms with Crippen molar-refractivity contribution in [3.8, 4) is 23.0 Å². The number of halogens is 7. The topological polar surface area (TPSA) is 130 Å². The van der Waals surface area contributed by atoms with Gasteiger partial charge in [-0.2, -0.15) is 0 Å². The van der Waals surface area contributed by atoms with Crippen LogP contribution in [0.2, 0.25) is 0 Å². The average molecular weight is 825 g/mol. The lowest BCUT2D eigenvalue weighted by Gasteiger charge is -2.50. The predicted molar refractivity (Wildman–Crippen MR) is 193 cm³/mol. The Labute approximate surface area is 328 Å². The molecule has 1 aromatic heterocycles. The largest absolute Gasteiger partial charge is 0.504 e. The van der Waals surface area contributed by atoms with Crippen LogP contribution in [0.5, 0.6) is 11.5 Å². The van der Waals surface area contributed by atoms with Gasteiger partial charge in [-0.25, -0.2) is 31.8 Å². The molecular weight excluding hydrogens is 800 g/mol. The number of phenolic OH excluding ortho intramolecular Hbond substituents is 1. The van der Waals surface area contributed by atoms with Crippen molar-refractivity contribution in [1.82, 2.24) is 4.98 Å². The maximum atomic E-state index is 15.3. The van der Waals surface area contributed by atoms with E-state index in [0.717, 1.165) is 4.90 Å². The first-order valence-electron chi connectivity index (χ1n) is 17.3. The van der Waals surface area contributed by atoms with E-state index in [1.165, 1.54) is 37.4 Å². The summed E-state index contributed by atoms with van der Waals surface area (Å²) < 4.78 is 84.9. The maximum Gasteiger partial charge on any atom is 0.258 e. The minimum atomic E-state index is -2.73. The Balaban J connectivity index is 1.15. The number of allylic oxidation sites excluding steroid dienone is 2. The Bertz CT molecular complexity index is 2610. The number of methoxy groups -OCH3 is 1. The smallest absolute Gasteiger partial charge is 0.258 e. The zero-order chi connectivity index (χ0) is 40.5. The second kappa shape index (κ2) is 12.6. The Morgan fingerprint density at radius 2 is 1.49 bits per heavy atom. The standard InChI is InChI=1S/C40H24Cl2F5N3O7/c1-56-25-14-17(8-13-23(25)51)27-19-11-12-20-26(36(53)49(35(20)52)18-9-6-16(7-10-18)34-48-22-4-2-3-5-24(22)57-34)21(19)15-39(41)37(54)50(38(55)40(27,39)42)33-31(46)29(44)28(43)30(45)32(33)47/h2-11,13-14,20-21,26-27,51H,12,15H2,1H3/t20-,21+,26-,27-,39+,40-/m0/s1. The zero-order valence-electron chi connectivity index (χ0n) is 29.0. The van der Waals surface area contributed by atoms with Crippen molar-refractivity contribution in [2.45, 2.75) is 28.5 Å². The fourth-order valence-electron chi connectivity index (χ4n) is 8.82. The number of carbonyl (C=O) groups excluding carboxylic acids is 4. The van der Waals surface area contributed by atoms with Crippen molar-refractivity contribution in [2.75, 3.05) is 16.9 Å². The molecule has 4 aromatic carbocycles. The second-order valence-electron chi connectivity index (χ2n) is 14.2. The predicted octanol–water partition coefficient (Wildman–Crippen LogP) is 7.67. The minimum Gasteiger partial charge on any atom is -0.504 e. The van der Waals surface area contributed by atoms with Crippen LogP contribution in [0.4, 0.5) is 33.3 Å². The molecule has 4 amide bonds. The molecule has 290 valence electrons. The normalized spacial score (nSPS) is 26.8. The van der Waals surface area contributed by atoms with Gasteiger partial charge in [-0.05, 0) is 72.9 Å². The van der Waals surface area contributed by atoms with E-state index in [0.29, 0.717) is 22.6 Å². The van der Waals surface area contributed by atoms with Crippen molar-refractivity contribution < 1.29 is 55.4 Å². The number of phenols is 1. The van der Waals surface area contributed by atoms with Crippen LogP contribution in [0, 0.1) is 46.8 Å². The number of carbonyl (C=O) groups is 4. The van der Waals surface area contributed by atoms with Gasteiger partial charge in [0.25, 0.3) is 11.8 Å². The Morgan fingerprint density at radius 3 is 2.16 bits per heavy atom. The van der Waals surface area contributed by atoms with E-state index in [2.05, 4.69) is 4.98 Å². The molecule has 9 rings (SSSR count). The van der Waals surface area contributed by atoms with Crippen LogP contribution in [0.25, 0.3) is 22.6 Å². The monoisotopic (exact) mass is 823 g/mol. The summed E-state index contributed by atoms with van der Waals surface area (Å²) in [4.78, 5) is 57.3. The number of fused-ring (bicyclic) bond motifs is 5. The third kappa shape index (κ3) is 4.84. The molecule has 5 aromatic rings. The van der Waals surface area contributed by atoms with E-state index < -0.39 is 98.2 Å². The maximum absolute atomic E-state index is 15.3. The van der Waals surface area contributed by atoms with Gasteiger partial charge in [0.05, 0.1) is 24.6 Å². The lowest BCUT2D eigenvalue weighted by molar-refractivity contribution is -0.125. The number of alkyl halides is 2. The van der Waals surface area contributed by atoms with Gasteiger partial charge in [0.15, 0.2) is 50.1 Å². The Hall–Kier alpha value is -5.80. The zero-order valence-corrected chi connectivity index (χ0v) is 30.5. The van der Waals surface area contributed by atoms with Crippen LogP contribution in [-0.2, 0) is 19.2 Å². The minimum absolute atomic E-state index is 0.0595. The van der Waals surface area contributed by atoms with E-state index in [4.69, 9.17) is 32.4 Å². The fourth-order valence-corrected chi connectivity index (χ4v) is 9.75. The van der Waals surface area contributed by atoms with E-state index in [-0.39, 0.29) is 39.6 Å². The number of aromatic hydroxyl groups is 1. The Morgan fingerprint density at radius 1 is 0.825 bits per heavy atom. The summed E-state index contributed by atoms with van der Waals surface area (Å²) in [6, 6.07) is 17.2. The number of rotatable bonds is 5. The van der Waals surface area contributed by atoms with Gasteiger partial charge in [0.2, 0.25) is 23.5 Å². The molecule has 0 bridgehead atoms. The molecule has 4 aliphatic rings. The van der Waals surface area contributed by atoms with Gasteiger partial charge in [-0.1, -0.05) is 29.8 Å². The number of hydrogen-bond acceptors (Lipinski definition) is 8. The van der Waals surface area contributed by atoms with E-state index in [1.54, 1.807) is 42.5 Å². The van der Waals surface area contributed by atoms with Crippen LogP contribution >= 0.6 is 23.2 Å². The molecule has 6 atom stereocenters. The first-order valence-corrected chi connectivity index (χ1v) is 18.1. The number of aromatic nitrogens is 1. The quantitative estimate of drug-likeness (QED) is 0.0478. The van der Waals surface area contributed by atoms with Crippen LogP contribution < -0.4 is 14.5 Å². The highest BCUT2D eigenvalue weighted by atomic mass is 35.5. The van der Waals surface area contributed by atoms with Crippen LogP contribution in [0.1, 0.15) is 24.3 Å². The van der Waals surface area contributed by atoms with Crippen molar-refractivity contribution in [2.24, 2.45) is 17.8 Å². The number of anilines is 2. The van der Waals surface area contributed by atoms with E-state index >= 15 is 8.78 Å². The van der Waals surface area contributed by atoms with Gasteiger partial charge in [0, 0.05) is 11.5 Å². The number of benzene rings is 4. The summed E-state index contributed by atoms with van der Waals surface area (Å²) in [5.41, 5.74) is 0.371. The first kappa shape index (κ1) is 36.8. The third-order valence-electron chi connectivity index (χ3n) is 11.4. The molecule has 3 fully saturated rings. The molecule has 0 unspecified atom stereocenters. The molecule has 2 aliphatic heterocycles. The first-order chi connectivity index (χ1) is 27.1. The molecule has 10 nitrogen and oxygen atoms in total.